The lowest BCUT2D eigenvalue weighted by molar-refractivity contribution is -0.143. The molecule has 2 aromatic carbocycles. The van der Waals surface area contributed by atoms with Gasteiger partial charge in [0, 0.05) is 12.6 Å². The molecule has 2 heterocycles. The fraction of sp³-hybridized carbons (Fsp3) is 0.481. The number of rotatable bonds is 6. The number of alkyl halides is 9. The van der Waals surface area contributed by atoms with E-state index in [9.17, 15) is 44.3 Å². The summed E-state index contributed by atoms with van der Waals surface area (Å²) in [7, 11) is 1.36. The van der Waals surface area contributed by atoms with Crippen LogP contribution in [0.4, 0.5) is 55.9 Å². The lowest BCUT2D eigenvalue weighted by Gasteiger charge is -2.44. The number of aromatic nitrogens is 4. The predicted molar refractivity (Wildman–Crippen MR) is 138 cm³/mol. The fourth-order valence-corrected chi connectivity index (χ4v) is 5.07. The van der Waals surface area contributed by atoms with E-state index in [1.54, 1.807) is 20.8 Å². The molecule has 0 saturated carbocycles. The second-order valence-electron chi connectivity index (χ2n) is 10.5. The Kier molecular flexibility index (Phi) is 8.81. The van der Waals surface area contributed by atoms with Crippen molar-refractivity contribution in [2.24, 2.45) is 7.05 Å². The normalized spacial score (nSPS) is 17.5. The molecule has 4 rings (SSSR count). The topological polar surface area (TPSA) is 76.4 Å². The number of hydrogen-bond donors (Lipinski definition) is 0. The average molecular weight is 639 g/mol. The monoisotopic (exact) mass is 638 g/mol. The van der Waals surface area contributed by atoms with Gasteiger partial charge in [0.25, 0.3) is 5.95 Å². The third-order valence-corrected chi connectivity index (χ3v) is 6.97. The third kappa shape index (κ3) is 7.01. The van der Waals surface area contributed by atoms with Gasteiger partial charge >= 0.3 is 24.6 Å². The number of hydrogen-bond acceptors (Lipinski definition) is 6. The maximum Gasteiger partial charge on any atom is 0.416 e. The maximum absolute atomic E-state index is 13.9. The van der Waals surface area contributed by atoms with Gasteiger partial charge in [-0.1, -0.05) is 12.0 Å². The van der Waals surface area contributed by atoms with Crippen LogP contribution in [-0.2, 0) is 36.9 Å². The van der Waals surface area contributed by atoms with Crippen molar-refractivity contribution in [3.05, 3.63) is 64.2 Å². The van der Waals surface area contributed by atoms with Crippen LogP contribution < -0.4 is 9.80 Å². The van der Waals surface area contributed by atoms with Gasteiger partial charge in [-0.05, 0) is 79.4 Å². The second kappa shape index (κ2) is 11.8. The van der Waals surface area contributed by atoms with Crippen molar-refractivity contribution in [3.8, 4) is 0 Å². The van der Waals surface area contributed by atoms with Crippen LogP contribution in [0.2, 0.25) is 0 Å². The van der Waals surface area contributed by atoms with E-state index in [0.717, 1.165) is 23.0 Å². The van der Waals surface area contributed by atoms with Crippen molar-refractivity contribution in [1.29, 1.82) is 0 Å². The summed E-state index contributed by atoms with van der Waals surface area (Å²) in [6, 6.07) is 1.84. The zero-order valence-electron chi connectivity index (χ0n) is 23.7. The molecule has 44 heavy (non-hydrogen) atoms. The van der Waals surface area contributed by atoms with Crippen LogP contribution in [0.1, 0.15) is 67.5 Å². The quantitative estimate of drug-likeness (QED) is 0.260. The van der Waals surface area contributed by atoms with Gasteiger partial charge in [-0.3, -0.25) is 4.90 Å². The van der Waals surface area contributed by atoms with Crippen LogP contribution in [0.5, 0.6) is 0 Å². The number of tetrazole rings is 1. The minimum Gasteiger partial charge on any atom is -0.446 e. The van der Waals surface area contributed by atoms with E-state index >= 15 is 0 Å². The molecule has 1 aliphatic heterocycles. The van der Waals surface area contributed by atoms with Gasteiger partial charge in [-0.15, -0.1) is 5.10 Å². The number of aryl methyl sites for hydroxylation is 1. The molecule has 3 aromatic rings. The van der Waals surface area contributed by atoms with Crippen LogP contribution in [-0.4, -0.2) is 38.4 Å². The second-order valence-corrected chi connectivity index (χ2v) is 10.5. The summed E-state index contributed by atoms with van der Waals surface area (Å²) in [6.45, 7) is 4.21. The lowest BCUT2D eigenvalue weighted by atomic mass is 9.87. The van der Waals surface area contributed by atoms with Crippen molar-refractivity contribution in [1.82, 2.24) is 20.2 Å². The summed E-state index contributed by atoms with van der Waals surface area (Å²) in [4.78, 5) is 16.5. The van der Waals surface area contributed by atoms with Gasteiger partial charge in [0.05, 0.1) is 41.6 Å². The van der Waals surface area contributed by atoms with Gasteiger partial charge < -0.3 is 9.64 Å². The predicted octanol–water partition coefficient (Wildman–Crippen LogP) is 7.55. The summed E-state index contributed by atoms with van der Waals surface area (Å²) in [6.07, 6.45) is -16.3. The Morgan fingerprint density at radius 2 is 1.55 bits per heavy atom. The van der Waals surface area contributed by atoms with E-state index in [2.05, 4.69) is 15.4 Å². The number of anilines is 2. The first-order chi connectivity index (χ1) is 20.3. The number of carbonyl (C=O) groups is 1. The Hall–Kier alpha value is -4.05. The average Bonchev–Trinajstić information content (AvgIpc) is 3.34. The van der Waals surface area contributed by atoms with Gasteiger partial charge in [-0.2, -0.15) is 44.3 Å². The zero-order chi connectivity index (χ0) is 32.8. The molecule has 0 radical (unpaired) electrons. The molecule has 17 heteroatoms. The highest BCUT2D eigenvalue weighted by molar-refractivity contribution is 5.90. The Morgan fingerprint density at radius 1 is 0.955 bits per heavy atom. The highest BCUT2D eigenvalue weighted by atomic mass is 19.4. The van der Waals surface area contributed by atoms with E-state index < -0.39 is 71.6 Å². The van der Waals surface area contributed by atoms with Crippen LogP contribution in [0.3, 0.4) is 0 Å². The number of amides is 1. The summed E-state index contributed by atoms with van der Waals surface area (Å²) >= 11 is 0. The molecular weight excluding hydrogens is 611 g/mol. The van der Waals surface area contributed by atoms with Crippen LogP contribution in [0, 0.1) is 0 Å². The molecule has 0 saturated heterocycles. The van der Waals surface area contributed by atoms with Gasteiger partial charge in [0.1, 0.15) is 0 Å². The molecule has 0 fully saturated rings. The Morgan fingerprint density at radius 3 is 2.02 bits per heavy atom. The number of carbonyl (C=O) groups excluding carboxylic acids is 1. The van der Waals surface area contributed by atoms with Crippen molar-refractivity contribution in [2.75, 3.05) is 9.80 Å². The Balaban J connectivity index is 1.93. The lowest BCUT2D eigenvalue weighted by Crippen LogP contribution is -2.48. The van der Waals surface area contributed by atoms with Gasteiger partial charge in [0.15, 0.2) is 0 Å². The highest BCUT2D eigenvalue weighted by Gasteiger charge is 2.43. The van der Waals surface area contributed by atoms with E-state index in [1.807, 2.05) is 0 Å². The summed E-state index contributed by atoms with van der Waals surface area (Å²) in [5.41, 5.74) is -4.72. The first-order valence-electron chi connectivity index (χ1n) is 13.3. The Labute approximate surface area is 245 Å². The number of ether oxygens (including phenoxy) is 1. The van der Waals surface area contributed by atoms with Crippen molar-refractivity contribution in [2.45, 2.75) is 76.9 Å². The fourth-order valence-electron chi connectivity index (χ4n) is 5.07. The van der Waals surface area contributed by atoms with Gasteiger partial charge in [-0.25, -0.2) is 4.79 Å². The smallest absolute Gasteiger partial charge is 0.416 e. The highest BCUT2D eigenvalue weighted by Crippen LogP contribution is 2.46. The zero-order valence-corrected chi connectivity index (χ0v) is 23.7. The van der Waals surface area contributed by atoms with Crippen LogP contribution in [0.15, 0.2) is 36.4 Å². The molecule has 8 nitrogen and oxygen atoms in total. The molecular formula is C27H27F9N6O2. The summed E-state index contributed by atoms with van der Waals surface area (Å²) in [5.74, 6) is -0.264. The molecule has 0 N–H and O–H groups in total. The standard InChI is InChI=1S/C27H27F9N6O2/c1-5-19-12-22(20-11-16(25(28,29)30)6-7-21(20)42(19)24(43)44-14(2)3)41(23-37-39-40(4)38-23)13-15-8-17(26(31,32)33)10-18(9-15)27(34,35)36/h6-11,14,19,22H,5,12-13H2,1-4H3/t19-,22+/m1/s1. The minimum absolute atomic E-state index is 0.0226. The van der Waals surface area contributed by atoms with E-state index in [0.29, 0.717) is 12.1 Å². The molecule has 0 spiro atoms. The Bertz CT molecular complexity index is 1470. The molecule has 0 bridgehead atoms. The minimum atomic E-state index is -5.13. The molecule has 240 valence electrons. The van der Waals surface area contributed by atoms with E-state index in [4.69, 9.17) is 4.74 Å². The van der Waals surface area contributed by atoms with E-state index in [-0.39, 0.29) is 36.1 Å². The van der Waals surface area contributed by atoms with Crippen LogP contribution >= 0.6 is 0 Å². The summed E-state index contributed by atoms with van der Waals surface area (Å²) < 4.78 is 129. The third-order valence-electron chi connectivity index (χ3n) is 6.97. The van der Waals surface area contributed by atoms with Gasteiger partial charge in [0.2, 0.25) is 0 Å². The first-order valence-corrected chi connectivity index (χ1v) is 13.3. The molecule has 0 unspecified atom stereocenters. The number of nitrogens with zero attached hydrogens (tertiary/aromatic N) is 6. The number of fused-ring (bicyclic) bond motifs is 1. The number of benzene rings is 2. The maximum atomic E-state index is 13.9. The molecule has 1 aliphatic rings. The van der Waals surface area contributed by atoms with Crippen LogP contribution in [0.25, 0.3) is 0 Å². The molecule has 0 aliphatic carbocycles. The van der Waals surface area contributed by atoms with E-state index in [1.165, 1.54) is 16.8 Å². The molecule has 1 amide bonds. The van der Waals surface area contributed by atoms with Crippen molar-refractivity contribution >= 4 is 17.7 Å². The first kappa shape index (κ1) is 32.9. The largest absolute Gasteiger partial charge is 0.446 e. The van der Waals surface area contributed by atoms with Crippen molar-refractivity contribution < 1.29 is 49.0 Å². The van der Waals surface area contributed by atoms with Crippen molar-refractivity contribution in [3.63, 3.8) is 0 Å². The molecule has 1 aromatic heterocycles. The summed E-state index contributed by atoms with van der Waals surface area (Å²) in [5, 5.41) is 11.6. The molecule has 2 atom stereocenters. The number of halogens is 9. The SMILES string of the molecule is CC[C@@H]1C[C@H](N(Cc2cc(C(F)(F)F)cc(C(F)(F)F)c2)c2nnn(C)n2)c2cc(C(F)(F)F)ccc2N1C(=O)OC(C)C.